The molecule has 1 saturated heterocycles. The molecular weight excluding hydrogens is 330 g/mol. The summed E-state index contributed by atoms with van der Waals surface area (Å²) in [5, 5.41) is 2.53. The number of methoxy groups -OCH3 is 2. The van der Waals surface area contributed by atoms with Gasteiger partial charge in [0.05, 0.1) is 19.9 Å². The highest BCUT2D eigenvalue weighted by atomic mass is 16.5. The van der Waals surface area contributed by atoms with Crippen LogP contribution in [0.2, 0.25) is 0 Å². The molecule has 1 N–H and O–H groups in total. The lowest BCUT2D eigenvalue weighted by Crippen LogP contribution is -2.39. The smallest absolute Gasteiger partial charge is 0.335 e. The van der Waals surface area contributed by atoms with Crippen molar-refractivity contribution in [2.75, 3.05) is 32.6 Å². The Kier molecular flexibility index (Phi) is 5.38. The molecule has 2 rings (SSSR count). The number of hydrogen-bond donors (Lipinski definition) is 1. The van der Waals surface area contributed by atoms with E-state index in [0.717, 1.165) is 4.90 Å². The molecule has 1 aliphatic heterocycles. The van der Waals surface area contributed by atoms with Crippen LogP contribution in [0.3, 0.4) is 0 Å². The summed E-state index contributed by atoms with van der Waals surface area (Å²) in [6.45, 7) is 2.71. The fraction of sp³-hybridized carbons (Fsp3) is 0.250. The molecule has 5 amide bonds. The van der Waals surface area contributed by atoms with Crippen molar-refractivity contribution in [3.63, 3.8) is 0 Å². The molecule has 0 atom stereocenters. The summed E-state index contributed by atoms with van der Waals surface area (Å²) in [6.07, 6.45) is 1.31. The minimum absolute atomic E-state index is 0.106. The maximum absolute atomic E-state index is 12.2. The van der Waals surface area contributed by atoms with Gasteiger partial charge in [0.1, 0.15) is 18.0 Å². The van der Waals surface area contributed by atoms with Crippen LogP contribution in [-0.4, -0.2) is 60.9 Å². The lowest BCUT2D eigenvalue weighted by Gasteiger charge is -2.15. The summed E-state index contributed by atoms with van der Waals surface area (Å²) in [5.74, 6) is -1.85. The third-order valence-electron chi connectivity index (χ3n) is 3.43. The van der Waals surface area contributed by atoms with Crippen LogP contribution in [0.1, 0.15) is 0 Å². The summed E-state index contributed by atoms with van der Waals surface area (Å²) in [7, 11) is 2.89. The summed E-state index contributed by atoms with van der Waals surface area (Å²) in [5.41, 5.74) is 0.306. The SMILES string of the molecule is C=CCN1C(=O)C(=O)N(CC(=O)Nc2cc(OC)ccc2OC)C1=O. The van der Waals surface area contributed by atoms with E-state index in [1.165, 1.54) is 26.4 Å². The van der Waals surface area contributed by atoms with Crippen molar-refractivity contribution in [3.8, 4) is 11.5 Å². The van der Waals surface area contributed by atoms with Gasteiger partial charge in [0.2, 0.25) is 5.91 Å². The van der Waals surface area contributed by atoms with E-state index < -0.39 is 30.3 Å². The Morgan fingerprint density at radius 2 is 1.84 bits per heavy atom. The maximum atomic E-state index is 12.2. The summed E-state index contributed by atoms with van der Waals surface area (Å²) in [4.78, 5) is 49.2. The van der Waals surface area contributed by atoms with E-state index in [4.69, 9.17) is 9.47 Å². The number of carbonyl (C=O) groups excluding carboxylic acids is 4. The zero-order valence-electron chi connectivity index (χ0n) is 13.8. The van der Waals surface area contributed by atoms with Gasteiger partial charge >= 0.3 is 17.8 Å². The number of nitrogens with one attached hydrogen (secondary N) is 1. The molecule has 1 heterocycles. The van der Waals surface area contributed by atoms with Crippen molar-refractivity contribution in [2.45, 2.75) is 0 Å². The lowest BCUT2D eigenvalue weighted by atomic mass is 10.2. The molecule has 0 unspecified atom stereocenters. The van der Waals surface area contributed by atoms with Gasteiger partial charge in [-0.2, -0.15) is 0 Å². The highest BCUT2D eigenvalue weighted by molar-refractivity contribution is 6.45. The second-order valence-corrected chi connectivity index (χ2v) is 4.99. The number of urea groups is 1. The number of ether oxygens (including phenoxy) is 2. The molecule has 0 spiro atoms. The number of nitrogens with zero attached hydrogens (tertiary/aromatic N) is 2. The van der Waals surface area contributed by atoms with E-state index >= 15 is 0 Å². The highest BCUT2D eigenvalue weighted by Crippen LogP contribution is 2.28. The molecule has 0 bridgehead atoms. The third-order valence-corrected chi connectivity index (χ3v) is 3.43. The van der Waals surface area contributed by atoms with E-state index in [1.807, 2.05) is 0 Å². The minimum atomic E-state index is -1.06. The van der Waals surface area contributed by atoms with Crippen molar-refractivity contribution in [1.82, 2.24) is 9.80 Å². The van der Waals surface area contributed by atoms with Gasteiger partial charge in [-0.15, -0.1) is 6.58 Å². The van der Waals surface area contributed by atoms with Gasteiger partial charge in [0.15, 0.2) is 0 Å². The fourth-order valence-corrected chi connectivity index (χ4v) is 2.22. The first-order chi connectivity index (χ1) is 11.9. The largest absolute Gasteiger partial charge is 0.497 e. The maximum Gasteiger partial charge on any atom is 0.335 e. The predicted molar refractivity (Wildman–Crippen MR) is 87.2 cm³/mol. The molecule has 0 radical (unpaired) electrons. The van der Waals surface area contributed by atoms with Crippen molar-refractivity contribution in [1.29, 1.82) is 0 Å². The number of anilines is 1. The van der Waals surface area contributed by atoms with Crippen LogP contribution in [0.5, 0.6) is 11.5 Å². The van der Waals surface area contributed by atoms with Gasteiger partial charge in [-0.3, -0.25) is 19.3 Å². The van der Waals surface area contributed by atoms with Gasteiger partial charge < -0.3 is 14.8 Å². The second-order valence-electron chi connectivity index (χ2n) is 4.99. The quantitative estimate of drug-likeness (QED) is 0.440. The molecule has 25 heavy (non-hydrogen) atoms. The lowest BCUT2D eigenvalue weighted by molar-refractivity contribution is -0.143. The average Bonchev–Trinajstić information content (AvgIpc) is 2.80. The molecule has 132 valence electrons. The Hall–Kier alpha value is -3.36. The minimum Gasteiger partial charge on any atom is -0.497 e. The van der Waals surface area contributed by atoms with Gasteiger partial charge in [0.25, 0.3) is 0 Å². The van der Waals surface area contributed by atoms with Crippen LogP contribution in [0, 0.1) is 0 Å². The number of hydrogen-bond acceptors (Lipinski definition) is 6. The molecule has 0 aliphatic carbocycles. The normalized spacial score (nSPS) is 13.9. The Balaban J connectivity index is 2.13. The van der Waals surface area contributed by atoms with Crippen LogP contribution in [0.4, 0.5) is 10.5 Å². The van der Waals surface area contributed by atoms with Crippen molar-refractivity contribution < 1.29 is 28.7 Å². The van der Waals surface area contributed by atoms with Crippen LogP contribution in [0.15, 0.2) is 30.9 Å². The molecule has 1 fully saturated rings. The Labute approximate surface area is 143 Å². The number of benzene rings is 1. The first kappa shape index (κ1) is 18.0. The molecule has 9 heteroatoms. The average molecular weight is 347 g/mol. The van der Waals surface area contributed by atoms with E-state index in [2.05, 4.69) is 11.9 Å². The van der Waals surface area contributed by atoms with Crippen molar-refractivity contribution in [3.05, 3.63) is 30.9 Å². The van der Waals surface area contributed by atoms with Crippen molar-refractivity contribution in [2.24, 2.45) is 0 Å². The standard InChI is InChI=1S/C16H17N3O6/c1-4-7-18-14(21)15(22)19(16(18)23)9-13(20)17-11-8-10(24-2)5-6-12(11)25-3/h4-6,8H,1,7,9H2,2-3H3,(H,17,20). The summed E-state index contributed by atoms with van der Waals surface area (Å²) in [6, 6.07) is 3.91. The zero-order chi connectivity index (χ0) is 18.6. The van der Waals surface area contributed by atoms with Crippen LogP contribution < -0.4 is 14.8 Å². The number of amides is 5. The highest BCUT2D eigenvalue weighted by Gasteiger charge is 2.44. The van der Waals surface area contributed by atoms with E-state index in [0.29, 0.717) is 22.1 Å². The summed E-state index contributed by atoms with van der Waals surface area (Å²) < 4.78 is 10.2. The van der Waals surface area contributed by atoms with Gasteiger partial charge in [-0.1, -0.05) is 6.08 Å². The molecule has 1 aliphatic rings. The van der Waals surface area contributed by atoms with E-state index in [9.17, 15) is 19.2 Å². The number of rotatable bonds is 7. The predicted octanol–water partition coefficient (Wildman–Crippen LogP) is 0.619. The van der Waals surface area contributed by atoms with Crippen LogP contribution >= 0.6 is 0 Å². The van der Waals surface area contributed by atoms with E-state index in [1.54, 1.807) is 12.1 Å². The third kappa shape index (κ3) is 3.60. The number of carbonyl (C=O) groups is 4. The Bertz CT molecular complexity index is 745. The van der Waals surface area contributed by atoms with Gasteiger partial charge in [-0.25, -0.2) is 9.69 Å². The first-order valence-electron chi connectivity index (χ1n) is 7.23. The van der Waals surface area contributed by atoms with Crippen LogP contribution in [-0.2, 0) is 14.4 Å². The van der Waals surface area contributed by atoms with E-state index in [-0.39, 0.29) is 6.54 Å². The Morgan fingerprint density at radius 3 is 2.44 bits per heavy atom. The van der Waals surface area contributed by atoms with Crippen molar-refractivity contribution >= 4 is 29.4 Å². The molecule has 0 saturated carbocycles. The molecule has 9 nitrogen and oxygen atoms in total. The molecule has 0 aromatic heterocycles. The molecular formula is C16H17N3O6. The monoisotopic (exact) mass is 347 g/mol. The summed E-state index contributed by atoms with van der Waals surface area (Å²) >= 11 is 0. The number of imide groups is 2. The molecule has 1 aromatic rings. The molecule has 1 aromatic carbocycles. The second kappa shape index (κ2) is 7.47. The zero-order valence-corrected chi connectivity index (χ0v) is 13.8. The fourth-order valence-electron chi connectivity index (χ4n) is 2.22. The first-order valence-corrected chi connectivity index (χ1v) is 7.23. The Morgan fingerprint density at radius 1 is 1.16 bits per heavy atom. The topological polar surface area (TPSA) is 105 Å². The van der Waals surface area contributed by atoms with Crippen LogP contribution in [0.25, 0.3) is 0 Å². The van der Waals surface area contributed by atoms with Gasteiger partial charge in [0, 0.05) is 12.6 Å². The van der Waals surface area contributed by atoms with Gasteiger partial charge in [-0.05, 0) is 12.1 Å².